The monoisotopic (exact) mass is 325 g/mol. The molecule has 3 aromatic rings. The van der Waals surface area contributed by atoms with Crippen LogP contribution in [0.1, 0.15) is 35.4 Å². The second-order valence-corrected chi connectivity index (χ2v) is 6.80. The number of guanidine groups is 1. The molecule has 0 aliphatic heterocycles. The zero-order chi connectivity index (χ0) is 16.8. The van der Waals surface area contributed by atoms with Gasteiger partial charge in [-0.3, -0.25) is 0 Å². The molecule has 3 nitrogen and oxygen atoms in total. The summed E-state index contributed by atoms with van der Waals surface area (Å²) in [6.07, 6.45) is 6.89. The van der Waals surface area contributed by atoms with E-state index in [9.17, 15) is 0 Å². The molecule has 3 N–H and O–H groups in total. The Kier molecular flexibility index (Phi) is 3.14. The second-order valence-electron chi connectivity index (χ2n) is 6.80. The maximum atomic E-state index is 6.15. The smallest absolute Gasteiger partial charge is 0.198 e. The highest BCUT2D eigenvalue weighted by atomic mass is 15.1. The largest absolute Gasteiger partial charge is 0.369 e. The summed E-state index contributed by atoms with van der Waals surface area (Å²) in [5, 5.41) is 5.69. The van der Waals surface area contributed by atoms with Crippen LogP contribution in [-0.2, 0) is 0 Å². The average molecular weight is 325 g/mol. The van der Waals surface area contributed by atoms with E-state index in [0.717, 1.165) is 22.9 Å². The molecule has 0 amide bonds. The number of aliphatic imine (C=N–C) groups is 1. The third kappa shape index (κ3) is 2.58. The number of nitrogens with zero attached hydrogens (tertiary/aromatic N) is 1. The lowest BCUT2D eigenvalue weighted by Gasteiger charge is -2.09. The highest BCUT2D eigenvalue weighted by Gasteiger charge is 2.22. The summed E-state index contributed by atoms with van der Waals surface area (Å²) in [6.45, 7) is 0. The Hall–Kier alpha value is -3.07. The summed E-state index contributed by atoms with van der Waals surface area (Å²) in [4.78, 5) is 4.61. The average Bonchev–Trinajstić information content (AvgIpc) is 3.38. The van der Waals surface area contributed by atoms with Crippen molar-refractivity contribution in [3.63, 3.8) is 0 Å². The molecule has 0 saturated heterocycles. The van der Waals surface area contributed by atoms with Crippen molar-refractivity contribution < 1.29 is 0 Å². The minimum absolute atomic E-state index is 0.410. The zero-order valence-corrected chi connectivity index (χ0v) is 13.9. The van der Waals surface area contributed by atoms with Gasteiger partial charge in [-0.2, -0.15) is 0 Å². The summed E-state index contributed by atoms with van der Waals surface area (Å²) in [5.74, 6) is 1.18. The highest BCUT2D eigenvalue weighted by Crippen LogP contribution is 2.40. The number of hydrogen-bond acceptors (Lipinski definition) is 1. The molecule has 0 atom stereocenters. The van der Waals surface area contributed by atoms with Gasteiger partial charge in [0.2, 0.25) is 0 Å². The number of nitrogens with two attached hydrogens (primary N) is 1. The normalized spacial score (nSPS) is 15.8. The van der Waals surface area contributed by atoms with Crippen molar-refractivity contribution >= 4 is 40.3 Å². The molecule has 122 valence electrons. The van der Waals surface area contributed by atoms with Crippen molar-refractivity contribution in [1.29, 1.82) is 0 Å². The summed E-state index contributed by atoms with van der Waals surface area (Å²) >= 11 is 0. The van der Waals surface area contributed by atoms with Crippen molar-refractivity contribution in [2.45, 2.75) is 18.8 Å². The van der Waals surface area contributed by atoms with Crippen molar-refractivity contribution in [2.75, 3.05) is 5.32 Å². The number of nitrogens with one attached hydrogen (secondary N) is 1. The number of benzene rings is 3. The standard InChI is InChI=1S/C22H19N3/c23-22(24-18-10-6-15(7-11-18)14-4-5-14)25-20-13-9-17-3-1-2-16-8-12-19(20)21(16)17/h1-3,6-14H,4-5H2,(H3,23,24,25). The van der Waals surface area contributed by atoms with E-state index in [1.807, 2.05) is 6.07 Å². The Morgan fingerprint density at radius 3 is 2.60 bits per heavy atom. The SMILES string of the molecule is NC(=Nc1ccc2cccc3c2c1C=C3)Nc1ccc(C2CC2)cc1. The first-order valence-corrected chi connectivity index (χ1v) is 8.73. The number of hydrogen-bond donors (Lipinski definition) is 2. The molecule has 0 heterocycles. The molecule has 0 radical (unpaired) electrons. The van der Waals surface area contributed by atoms with Gasteiger partial charge in [0, 0.05) is 11.3 Å². The minimum atomic E-state index is 0.410. The zero-order valence-electron chi connectivity index (χ0n) is 13.9. The molecular weight excluding hydrogens is 306 g/mol. The topological polar surface area (TPSA) is 50.4 Å². The molecule has 5 rings (SSSR count). The Morgan fingerprint density at radius 1 is 0.960 bits per heavy atom. The fraction of sp³-hybridized carbons (Fsp3) is 0.136. The third-order valence-corrected chi connectivity index (χ3v) is 5.00. The van der Waals surface area contributed by atoms with Crippen LogP contribution in [0.25, 0.3) is 22.9 Å². The lowest BCUT2D eigenvalue weighted by molar-refractivity contribution is 1.13. The molecule has 2 aliphatic rings. The van der Waals surface area contributed by atoms with E-state index in [1.54, 1.807) is 0 Å². The Labute approximate surface area is 146 Å². The summed E-state index contributed by atoms with van der Waals surface area (Å²) < 4.78 is 0. The van der Waals surface area contributed by atoms with Gasteiger partial charge in [-0.25, -0.2) is 4.99 Å². The van der Waals surface area contributed by atoms with Crippen LogP contribution >= 0.6 is 0 Å². The summed E-state index contributed by atoms with van der Waals surface area (Å²) in [5.41, 5.74) is 11.8. The van der Waals surface area contributed by atoms with Gasteiger partial charge < -0.3 is 11.1 Å². The maximum Gasteiger partial charge on any atom is 0.198 e. The number of rotatable bonds is 3. The van der Waals surface area contributed by atoms with Crippen LogP contribution in [0.5, 0.6) is 0 Å². The van der Waals surface area contributed by atoms with Crippen molar-refractivity contribution in [3.8, 4) is 0 Å². The van der Waals surface area contributed by atoms with Gasteiger partial charge >= 0.3 is 0 Å². The van der Waals surface area contributed by atoms with Gasteiger partial charge in [0.1, 0.15) is 0 Å². The van der Waals surface area contributed by atoms with E-state index >= 15 is 0 Å². The summed E-state index contributed by atoms with van der Waals surface area (Å²) in [7, 11) is 0. The fourth-order valence-corrected chi connectivity index (χ4v) is 3.56. The predicted molar refractivity (Wildman–Crippen MR) is 106 cm³/mol. The first-order chi connectivity index (χ1) is 12.3. The van der Waals surface area contributed by atoms with Gasteiger partial charge in [-0.1, -0.05) is 48.6 Å². The van der Waals surface area contributed by atoms with Crippen LogP contribution in [0.15, 0.2) is 59.6 Å². The minimum Gasteiger partial charge on any atom is -0.369 e. The van der Waals surface area contributed by atoms with Crippen LogP contribution < -0.4 is 11.1 Å². The van der Waals surface area contributed by atoms with Crippen LogP contribution in [0.2, 0.25) is 0 Å². The van der Waals surface area contributed by atoms with Crippen LogP contribution in [0.3, 0.4) is 0 Å². The van der Waals surface area contributed by atoms with Gasteiger partial charge in [0.25, 0.3) is 0 Å². The Balaban J connectivity index is 1.44. The molecule has 2 aliphatic carbocycles. The van der Waals surface area contributed by atoms with Crippen molar-refractivity contribution in [3.05, 3.63) is 71.3 Å². The fourth-order valence-electron chi connectivity index (χ4n) is 3.56. The molecule has 0 spiro atoms. The molecule has 0 unspecified atom stereocenters. The van der Waals surface area contributed by atoms with E-state index in [2.05, 4.69) is 71.0 Å². The Morgan fingerprint density at radius 2 is 1.80 bits per heavy atom. The first kappa shape index (κ1) is 14.3. The van der Waals surface area contributed by atoms with E-state index in [1.165, 1.54) is 34.7 Å². The Bertz CT molecular complexity index is 1030. The molecule has 0 bridgehead atoms. The maximum absolute atomic E-state index is 6.15. The molecule has 1 fully saturated rings. The molecule has 0 aromatic heterocycles. The molecule has 3 aromatic carbocycles. The molecule has 1 saturated carbocycles. The predicted octanol–water partition coefficient (Wildman–Crippen LogP) is 5.26. The van der Waals surface area contributed by atoms with Crippen LogP contribution in [-0.4, -0.2) is 5.96 Å². The van der Waals surface area contributed by atoms with E-state index < -0.39 is 0 Å². The lowest BCUT2D eigenvalue weighted by atomic mass is 10.0. The third-order valence-electron chi connectivity index (χ3n) is 5.00. The summed E-state index contributed by atoms with van der Waals surface area (Å²) in [6, 6.07) is 19.0. The van der Waals surface area contributed by atoms with E-state index in [0.29, 0.717) is 5.96 Å². The van der Waals surface area contributed by atoms with Gasteiger partial charge in [0.15, 0.2) is 5.96 Å². The number of anilines is 1. The molecule has 3 heteroatoms. The van der Waals surface area contributed by atoms with Crippen LogP contribution in [0, 0.1) is 0 Å². The highest BCUT2D eigenvalue weighted by molar-refractivity contribution is 6.08. The van der Waals surface area contributed by atoms with Gasteiger partial charge in [-0.15, -0.1) is 0 Å². The van der Waals surface area contributed by atoms with Crippen molar-refractivity contribution in [2.24, 2.45) is 10.7 Å². The van der Waals surface area contributed by atoms with Crippen molar-refractivity contribution in [1.82, 2.24) is 0 Å². The first-order valence-electron chi connectivity index (χ1n) is 8.73. The quantitative estimate of drug-likeness (QED) is 0.399. The van der Waals surface area contributed by atoms with E-state index in [4.69, 9.17) is 5.73 Å². The van der Waals surface area contributed by atoms with Gasteiger partial charge in [0.05, 0.1) is 5.69 Å². The lowest BCUT2D eigenvalue weighted by Crippen LogP contribution is -2.21. The molecule has 25 heavy (non-hydrogen) atoms. The van der Waals surface area contributed by atoms with E-state index in [-0.39, 0.29) is 0 Å². The molecular formula is C22H19N3. The second kappa shape index (κ2) is 5.49. The van der Waals surface area contributed by atoms with Gasteiger partial charge in [-0.05, 0) is 58.9 Å². The van der Waals surface area contributed by atoms with Crippen LogP contribution in [0.4, 0.5) is 11.4 Å².